The van der Waals surface area contributed by atoms with Gasteiger partial charge in [0, 0.05) is 16.5 Å². The van der Waals surface area contributed by atoms with Crippen LogP contribution in [0.15, 0.2) is 47.8 Å². The van der Waals surface area contributed by atoms with Crippen molar-refractivity contribution in [2.75, 3.05) is 0 Å². The van der Waals surface area contributed by atoms with E-state index >= 15 is 0 Å². The van der Waals surface area contributed by atoms with Gasteiger partial charge in [-0.2, -0.15) is 0 Å². The summed E-state index contributed by atoms with van der Waals surface area (Å²) in [5.41, 5.74) is 0.721. The molecule has 0 unspecified atom stereocenters. The molecule has 3 aromatic rings. The van der Waals surface area contributed by atoms with E-state index in [0.717, 1.165) is 39.2 Å². The molecule has 1 aromatic heterocycles. The van der Waals surface area contributed by atoms with Crippen LogP contribution in [0, 0.1) is 18.6 Å². The van der Waals surface area contributed by atoms with Crippen molar-refractivity contribution in [3.05, 3.63) is 76.3 Å². The standard InChI is InChI=1S/C21H17F2N3O2S/c1-12-3-5-13(6-4-12)18-24-15(11-29-18)10-26-19(27)21(2,25-20(26)28)16-9-14(22)7-8-17(16)23/h3-9,11H,10H2,1-2H3,(H,25,28)/t21-/m0/s1. The van der Waals surface area contributed by atoms with E-state index in [1.54, 1.807) is 5.38 Å². The van der Waals surface area contributed by atoms with Gasteiger partial charge in [0.2, 0.25) is 0 Å². The van der Waals surface area contributed by atoms with E-state index < -0.39 is 29.1 Å². The summed E-state index contributed by atoms with van der Waals surface area (Å²) < 4.78 is 27.9. The summed E-state index contributed by atoms with van der Waals surface area (Å²) in [6.45, 7) is 3.30. The largest absolute Gasteiger partial charge is 0.325 e. The second kappa shape index (κ2) is 7.04. The Balaban J connectivity index is 1.59. The number of urea groups is 1. The molecule has 3 amide bonds. The van der Waals surface area contributed by atoms with Crippen molar-refractivity contribution < 1.29 is 18.4 Å². The van der Waals surface area contributed by atoms with Crippen LogP contribution in [0.2, 0.25) is 0 Å². The summed E-state index contributed by atoms with van der Waals surface area (Å²) in [7, 11) is 0. The molecule has 1 saturated heterocycles. The minimum atomic E-state index is -1.68. The fourth-order valence-electron chi connectivity index (χ4n) is 3.27. The first-order valence-corrected chi connectivity index (χ1v) is 9.77. The second-order valence-electron chi connectivity index (χ2n) is 7.08. The van der Waals surface area contributed by atoms with Crippen molar-refractivity contribution in [1.29, 1.82) is 0 Å². The molecular weight excluding hydrogens is 396 g/mol. The van der Waals surface area contributed by atoms with Gasteiger partial charge in [0.15, 0.2) is 0 Å². The van der Waals surface area contributed by atoms with E-state index in [9.17, 15) is 18.4 Å². The van der Waals surface area contributed by atoms with Gasteiger partial charge < -0.3 is 5.32 Å². The van der Waals surface area contributed by atoms with Crippen molar-refractivity contribution in [3.63, 3.8) is 0 Å². The van der Waals surface area contributed by atoms with Gasteiger partial charge >= 0.3 is 6.03 Å². The maximum Gasteiger partial charge on any atom is 0.325 e. The first kappa shape index (κ1) is 19.2. The molecule has 148 valence electrons. The van der Waals surface area contributed by atoms with Crippen LogP contribution >= 0.6 is 11.3 Å². The maximum absolute atomic E-state index is 14.2. The molecular formula is C21H17F2N3O2S. The number of hydrogen-bond donors (Lipinski definition) is 1. The summed E-state index contributed by atoms with van der Waals surface area (Å²) in [4.78, 5) is 30.9. The zero-order valence-corrected chi connectivity index (χ0v) is 16.5. The molecule has 2 heterocycles. The Labute approximate surface area is 170 Å². The third-order valence-corrected chi connectivity index (χ3v) is 5.85. The van der Waals surface area contributed by atoms with Crippen molar-refractivity contribution in [3.8, 4) is 10.6 Å². The minimum absolute atomic E-state index is 0.0560. The fourth-order valence-corrected chi connectivity index (χ4v) is 4.09. The van der Waals surface area contributed by atoms with Crippen LogP contribution in [-0.2, 0) is 16.9 Å². The first-order chi connectivity index (χ1) is 13.8. The number of benzene rings is 2. The predicted molar refractivity (Wildman–Crippen MR) is 105 cm³/mol. The average Bonchev–Trinajstić information content (AvgIpc) is 3.24. The van der Waals surface area contributed by atoms with Gasteiger partial charge in [0.25, 0.3) is 5.91 Å². The molecule has 1 fully saturated rings. The first-order valence-electron chi connectivity index (χ1n) is 8.89. The van der Waals surface area contributed by atoms with Crippen molar-refractivity contribution in [2.45, 2.75) is 25.9 Å². The molecule has 1 aliphatic heterocycles. The van der Waals surface area contributed by atoms with E-state index in [0.29, 0.717) is 5.69 Å². The van der Waals surface area contributed by atoms with Gasteiger partial charge in [-0.25, -0.2) is 18.6 Å². The van der Waals surface area contributed by atoms with Crippen LogP contribution in [0.1, 0.15) is 23.7 Å². The second-order valence-corrected chi connectivity index (χ2v) is 7.94. The highest BCUT2D eigenvalue weighted by Crippen LogP contribution is 2.32. The number of thiazole rings is 1. The van der Waals surface area contributed by atoms with Gasteiger partial charge in [-0.3, -0.25) is 9.69 Å². The summed E-state index contributed by atoms with van der Waals surface area (Å²) >= 11 is 1.40. The van der Waals surface area contributed by atoms with E-state index in [1.807, 2.05) is 31.2 Å². The molecule has 4 rings (SSSR count). The van der Waals surface area contributed by atoms with Gasteiger partial charge in [0.05, 0.1) is 12.2 Å². The van der Waals surface area contributed by atoms with Gasteiger partial charge in [-0.1, -0.05) is 29.8 Å². The van der Waals surface area contributed by atoms with Crippen LogP contribution in [0.3, 0.4) is 0 Å². The molecule has 0 aliphatic carbocycles. The highest BCUT2D eigenvalue weighted by molar-refractivity contribution is 7.13. The lowest BCUT2D eigenvalue weighted by Crippen LogP contribution is -2.41. The molecule has 8 heteroatoms. The van der Waals surface area contributed by atoms with Crippen LogP contribution in [0.4, 0.5) is 13.6 Å². The number of carbonyl (C=O) groups is 2. The van der Waals surface area contributed by atoms with Crippen LogP contribution in [0.25, 0.3) is 10.6 Å². The minimum Gasteiger partial charge on any atom is -0.319 e. The van der Waals surface area contributed by atoms with Crippen molar-refractivity contribution >= 4 is 23.3 Å². The number of aryl methyl sites for hydroxylation is 1. The van der Waals surface area contributed by atoms with Gasteiger partial charge in [-0.05, 0) is 32.0 Å². The molecule has 1 N–H and O–H groups in total. The van der Waals surface area contributed by atoms with Crippen molar-refractivity contribution in [1.82, 2.24) is 15.2 Å². The normalized spacial score (nSPS) is 19.0. The number of carbonyl (C=O) groups excluding carboxylic acids is 2. The Kier molecular flexibility index (Phi) is 4.66. The average molecular weight is 413 g/mol. The number of hydrogen-bond acceptors (Lipinski definition) is 4. The highest BCUT2D eigenvalue weighted by Gasteiger charge is 2.50. The topological polar surface area (TPSA) is 62.3 Å². The molecule has 0 saturated carbocycles. The van der Waals surface area contributed by atoms with Crippen LogP contribution < -0.4 is 5.32 Å². The third kappa shape index (κ3) is 3.40. The van der Waals surface area contributed by atoms with E-state index in [4.69, 9.17) is 0 Å². The SMILES string of the molecule is Cc1ccc(-c2nc(CN3C(=O)N[C@@](C)(c4cc(F)ccc4F)C3=O)cs2)cc1. The lowest BCUT2D eigenvalue weighted by Gasteiger charge is -2.22. The highest BCUT2D eigenvalue weighted by atomic mass is 32.1. The molecule has 1 aliphatic rings. The fraction of sp³-hybridized carbons (Fsp3) is 0.190. The Morgan fingerprint density at radius 2 is 1.86 bits per heavy atom. The number of nitrogens with zero attached hydrogens (tertiary/aromatic N) is 2. The monoisotopic (exact) mass is 413 g/mol. The van der Waals surface area contributed by atoms with E-state index in [2.05, 4.69) is 10.3 Å². The summed E-state index contributed by atoms with van der Waals surface area (Å²) in [5, 5.41) is 5.03. The number of rotatable bonds is 4. The number of imide groups is 1. The Hall–Kier alpha value is -3.13. The molecule has 2 aromatic carbocycles. The quantitative estimate of drug-likeness (QED) is 0.647. The molecule has 5 nitrogen and oxygen atoms in total. The molecule has 0 radical (unpaired) electrons. The Bertz CT molecular complexity index is 1110. The number of amides is 3. The van der Waals surface area contributed by atoms with Crippen LogP contribution in [-0.4, -0.2) is 21.8 Å². The molecule has 0 bridgehead atoms. The molecule has 29 heavy (non-hydrogen) atoms. The lowest BCUT2D eigenvalue weighted by atomic mass is 9.91. The zero-order chi connectivity index (χ0) is 20.8. The molecule has 1 atom stereocenters. The maximum atomic E-state index is 14.2. The summed E-state index contributed by atoms with van der Waals surface area (Å²) in [6, 6.07) is 10.0. The predicted octanol–water partition coefficient (Wildman–Crippen LogP) is 4.36. The Morgan fingerprint density at radius 1 is 1.14 bits per heavy atom. The Morgan fingerprint density at radius 3 is 2.59 bits per heavy atom. The number of halogens is 2. The summed E-state index contributed by atoms with van der Waals surface area (Å²) in [5.74, 6) is -2.11. The third-order valence-electron chi connectivity index (χ3n) is 4.91. The van der Waals surface area contributed by atoms with Gasteiger partial charge in [0.1, 0.15) is 22.2 Å². The smallest absolute Gasteiger partial charge is 0.319 e. The lowest BCUT2D eigenvalue weighted by molar-refractivity contribution is -0.131. The van der Waals surface area contributed by atoms with E-state index in [-0.39, 0.29) is 12.1 Å². The number of nitrogens with one attached hydrogen (secondary N) is 1. The van der Waals surface area contributed by atoms with Gasteiger partial charge in [-0.15, -0.1) is 11.3 Å². The summed E-state index contributed by atoms with van der Waals surface area (Å²) in [6.07, 6.45) is 0. The van der Waals surface area contributed by atoms with E-state index in [1.165, 1.54) is 18.3 Å². The zero-order valence-electron chi connectivity index (χ0n) is 15.7. The van der Waals surface area contributed by atoms with Crippen molar-refractivity contribution in [2.24, 2.45) is 0 Å². The number of aromatic nitrogens is 1. The van der Waals surface area contributed by atoms with Crippen LogP contribution in [0.5, 0.6) is 0 Å². The molecule has 0 spiro atoms.